The summed E-state index contributed by atoms with van der Waals surface area (Å²) in [5.74, 6) is 1.49. The average Bonchev–Trinajstić information content (AvgIpc) is 2.91. The fourth-order valence-electron chi connectivity index (χ4n) is 2.34. The minimum absolute atomic E-state index is 0. The average molecular weight is 261 g/mol. The Morgan fingerprint density at radius 2 is 1.89 bits per heavy atom. The number of fused-ring (bicyclic) bond motifs is 1. The highest BCUT2D eigenvalue weighted by molar-refractivity contribution is 5.91. The van der Waals surface area contributed by atoms with Crippen molar-refractivity contribution in [1.29, 1.82) is 0 Å². The summed E-state index contributed by atoms with van der Waals surface area (Å²) in [5.41, 5.74) is 1.33. The minimum Gasteiger partial charge on any atom is -0.371 e. The summed E-state index contributed by atoms with van der Waals surface area (Å²) in [5, 5.41) is 5.95. The van der Waals surface area contributed by atoms with Crippen LogP contribution in [0.4, 0.5) is 0 Å². The molecule has 1 unspecified atom stereocenters. The topological polar surface area (TPSA) is 24.4 Å². The molecular formula is C15H17ClN2. The standard InChI is InChI=1S/C15H16N2.ClH/c1-11(15-16-8-9-17-15)13-7-6-12-4-2-3-5-14(12)10-13;/h2-7,10-11H,8-9H2,1H3,(H,16,17);1H. The van der Waals surface area contributed by atoms with E-state index in [2.05, 4.69) is 59.7 Å². The monoisotopic (exact) mass is 260 g/mol. The van der Waals surface area contributed by atoms with Crippen LogP contribution in [0.1, 0.15) is 18.4 Å². The lowest BCUT2D eigenvalue weighted by molar-refractivity contribution is 0.920. The van der Waals surface area contributed by atoms with Gasteiger partial charge >= 0.3 is 0 Å². The number of rotatable bonds is 2. The zero-order valence-corrected chi connectivity index (χ0v) is 11.2. The first-order valence-electron chi connectivity index (χ1n) is 6.11. The van der Waals surface area contributed by atoms with E-state index in [9.17, 15) is 0 Å². The van der Waals surface area contributed by atoms with Gasteiger partial charge in [0.1, 0.15) is 5.84 Å². The molecule has 1 aliphatic heterocycles. The Kier molecular flexibility index (Phi) is 3.87. The van der Waals surface area contributed by atoms with E-state index in [1.54, 1.807) is 0 Å². The predicted molar refractivity (Wildman–Crippen MR) is 79.9 cm³/mol. The molecule has 2 nitrogen and oxygen atoms in total. The van der Waals surface area contributed by atoms with Crippen molar-refractivity contribution in [1.82, 2.24) is 5.32 Å². The van der Waals surface area contributed by atoms with Crippen LogP contribution in [0.15, 0.2) is 47.5 Å². The molecule has 0 amide bonds. The smallest absolute Gasteiger partial charge is 0.104 e. The lowest BCUT2D eigenvalue weighted by Gasteiger charge is -2.13. The molecule has 2 aromatic rings. The van der Waals surface area contributed by atoms with Gasteiger partial charge < -0.3 is 5.32 Å². The molecule has 0 saturated carbocycles. The van der Waals surface area contributed by atoms with Crippen LogP contribution in [0.25, 0.3) is 10.8 Å². The van der Waals surface area contributed by atoms with Crippen molar-refractivity contribution in [3.63, 3.8) is 0 Å². The van der Waals surface area contributed by atoms with Gasteiger partial charge in [-0.1, -0.05) is 49.4 Å². The fraction of sp³-hybridized carbons (Fsp3) is 0.267. The Morgan fingerprint density at radius 1 is 1.11 bits per heavy atom. The van der Waals surface area contributed by atoms with Gasteiger partial charge in [-0.05, 0) is 16.3 Å². The van der Waals surface area contributed by atoms with Crippen molar-refractivity contribution in [3.8, 4) is 0 Å². The lowest BCUT2D eigenvalue weighted by Crippen LogP contribution is -2.23. The molecule has 0 spiro atoms. The molecule has 18 heavy (non-hydrogen) atoms. The van der Waals surface area contributed by atoms with Gasteiger partial charge in [0.2, 0.25) is 0 Å². The van der Waals surface area contributed by atoms with Crippen LogP contribution in [0.3, 0.4) is 0 Å². The molecule has 1 atom stereocenters. The summed E-state index contributed by atoms with van der Waals surface area (Å²) in [4.78, 5) is 4.50. The van der Waals surface area contributed by atoms with Gasteiger partial charge in [0, 0.05) is 12.5 Å². The zero-order chi connectivity index (χ0) is 11.7. The summed E-state index contributed by atoms with van der Waals surface area (Å²) < 4.78 is 0. The van der Waals surface area contributed by atoms with Gasteiger partial charge in [0.15, 0.2) is 0 Å². The van der Waals surface area contributed by atoms with Crippen LogP contribution >= 0.6 is 12.4 Å². The number of nitrogens with one attached hydrogen (secondary N) is 1. The third-order valence-corrected chi connectivity index (χ3v) is 3.38. The van der Waals surface area contributed by atoms with Crippen LogP contribution in [-0.4, -0.2) is 18.9 Å². The van der Waals surface area contributed by atoms with Crippen LogP contribution < -0.4 is 5.32 Å². The highest BCUT2D eigenvalue weighted by Crippen LogP contribution is 2.22. The van der Waals surface area contributed by atoms with E-state index in [4.69, 9.17) is 0 Å². The summed E-state index contributed by atoms with van der Waals surface area (Å²) in [6.45, 7) is 4.10. The minimum atomic E-state index is 0. The zero-order valence-electron chi connectivity index (χ0n) is 10.4. The maximum Gasteiger partial charge on any atom is 0.104 e. The van der Waals surface area contributed by atoms with Crippen LogP contribution in [0.5, 0.6) is 0 Å². The Bertz CT molecular complexity index is 577. The predicted octanol–water partition coefficient (Wildman–Crippen LogP) is 3.37. The SMILES string of the molecule is CC(C1=NCCN1)c1ccc2ccccc2c1.Cl. The molecule has 1 heterocycles. The molecule has 1 N–H and O–H groups in total. The Labute approximate surface area is 114 Å². The molecule has 2 aromatic carbocycles. The van der Waals surface area contributed by atoms with Crippen LogP contribution in [0.2, 0.25) is 0 Å². The number of halogens is 1. The van der Waals surface area contributed by atoms with E-state index < -0.39 is 0 Å². The molecule has 1 aliphatic rings. The number of amidine groups is 1. The molecule has 3 rings (SSSR count). The van der Waals surface area contributed by atoms with E-state index in [1.807, 2.05) is 0 Å². The molecule has 94 valence electrons. The van der Waals surface area contributed by atoms with Crippen molar-refractivity contribution in [2.45, 2.75) is 12.8 Å². The first-order valence-corrected chi connectivity index (χ1v) is 6.11. The van der Waals surface area contributed by atoms with E-state index in [-0.39, 0.29) is 12.4 Å². The van der Waals surface area contributed by atoms with Gasteiger partial charge in [-0.2, -0.15) is 0 Å². The van der Waals surface area contributed by atoms with Gasteiger partial charge in [-0.3, -0.25) is 4.99 Å². The van der Waals surface area contributed by atoms with Gasteiger partial charge in [0.05, 0.1) is 6.54 Å². The Balaban J connectivity index is 0.00000120. The largest absolute Gasteiger partial charge is 0.371 e. The number of nitrogens with zero attached hydrogens (tertiary/aromatic N) is 1. The second kappa shape index (κ2) is 5.40. The Morgan fingerprint density at radius 3 is 2.61 bits per heavy atom. The van der Waals surface area contributed by atoms with Crippen molar-refractivity contribution >= 4 is 29.0 Å². The van der Waals surface area contributed by atoms with Crippen molar-refractivity contribution in [2.75, 3.05) is 13.1 Å². The van der Waals surface area contributed by atoms with E-state index >= 15 is 0 Å². The summed E-state index contributed by atoms with van der Waals surface area (Å²) in [6.07, 6.45) is 0. The summed E-state index contributed by atoms with van der Waals surface area (Å²) in [7, 11) is 0. The molecular weight excluding hydrogens is 244 g/mol. The molecule has 3 heteroatoms. The number of benzene rings is 2. The highest BCUT2D eigenvalue weighted by atomic mass is 35.5. The van der Waals surface area contributed by atoms with Crippen molar-refractivity contribution < 1.29 is 0 Å². The van der Waals surface area contributed by atoms with Gasteiger partial charge in [-0.25, -0.2) is 0 Å². The van der Waals surface area contributed by atoms with Gasteiger partial charge in [-0.15, -0.1) is 12.4 Å². The van der Waals surface area contributed by atoms with Gasteiger partial charge in [0.25, 0.3) is 0 Å². The highest BCUT2D eigenvalue weighted by Gasteiger charge is 2.15. The number of aliphatic imine (C=N–C) groups is 1. The first kappa shape index (κ1) is 12.9. The lowest BCUT2D eigenvalue weighted by atomic mass is 9.97. The number of hydrogen-bond acceptors (Lipinski definition) is 2. The second-order valence-corrected chi connectivity index (χ2v) is 4.52. The van der Waals surface area contributed by atoms with Crippen molar-refractivity contribution in [3.05, 3.63) is 48.0 Å². The molecule has 0 radical (unpaired) electrons. The van der Waals surface area contributed by atoms with E-state index in [1.165, 1.54) is 16.3 Å². The molecule has 0 aliphatic carbocycles. The molecule has 0 saturated heterocycles. The summed E-state index contributed by atoms with van der Waals surface area (Å²) in [6, 6.07) is 15.1. The Hall–Kier alpha value is -1.54. The van der Waals surface area contributed by atoms with E-state index in [0.29, 0.717) is 5.92 Å². The normalized spacial score (nSPS) is 15.7. The van der Waals surface area contributed by atoms with E-state index in [0.717, 1.165) is 18.9 Å². The maximum absolute atomic E-state index is 4.50. The number of hydrogen-bond donors (Lipinski definition) is 1. The third-order valence-electron chi connectivity index (χ3n) is 3.38. The molecule has 0 aromatic heterocycles. The van der Waals surface area contributed by atoms with Crippen LogP contribution in [-0.2, 0) is 0 Å². The van der Waals surface area contributed by atoms with Crippen molar-refractivity contribution in [2.24, 2.45) is 4.99 Å². The second-order valence-electron chi connectivity index (χ2n) is 4.52. The fourth-order valence-corrected chi connectivity index (χ4v) is 2.34. The third kappa shape index (κ3) is 2.34. The van der Waals surface area contributed by atoms with Crippen LogP contribution in [0, 0.1) is 0 Å². The quantitative estimate of drug-likeness (QED) is 0.880. The summed E-state index contributed by atoms with van der Waals surface area (Å²) >= 11 is 0. The molecule has 0 fully saturated rings. The first-order chi connectivity index (χ1) is 8.34. The maximum atomic E-state index is 4.50. The molecule has 0 bridgehead atoms.